The molecule has 0 saturated carbocycles. The van der Waals surface area contributed by atoms with Gasteiger partial charge in [0.2, 0.25) is 5.16 Å². The fourth-order valence-electron chi connectivity index (χ4n) is 1.97. The summed E-state index contributed by atoms with van der Waals surface area (Å²) in [4.78, 5) is 0. The van der Waals surface area contributed by atoms with Crippen molar-refractivity contribution in [1.82, 2.24) is 19.8 Å². The third-order valence-corrected chi connectivity index (χ3v) is 3.90. The van der Waals surface area contributed by atoms with Gasteiger partial charge < -0.3 is 4.74 Å². The summed E-state index contributed by atoms with van der Waals surface area (Å²) in [5, 5.41) is 14.2. The molecule has 3 rings (SSSR count). The minimum atomic E-state index is 0.434. The van der Waals surface area contributed by atoms with E-state index in [-0.39, 0.29) is 0 Å². The fraction of sp³-hybridized carbons (Fsp3) is 0.267. The number of fused-ring (bicyclic) bond motifs is 1. The SMILES string of the molecule is COc1ccc(-c2ccc3nnc(SC(C)C)n3n2)cc1. The van der Waals surface area contributed by atoms with Gasteiger partial charge in [-0.15, -0.1) is 10.2 Å². The molecule has 0 saturated heterocycles. The van der Waals surface area contributed by atoms with Gasteiger partial charge in [0.25, 0.3) is 0 Å². The van der Waals surface area contributed by atoms with Gasteiger partial charge in [-0.2, -0.15) is 9.61 Å². The number of aromatic nitrogens is 4. The van der Waals surface area contributed by atoms with Crippen LogP contribution in [-0.2, 0) is 0 Å². The third-order valence-electron chi connectivity index (χ3n) is 2.96. The van der Waals surface area contributed by atoms with Crippen molar-refractivity contribution in [2.24, 2.45) is 0 Å². The summed E-state index contributed by atoms with van der Waals surface area (Å²) in [5.41, 5.74) is 2.68. The number of benzene rings is 1. The van der Waals surface area contributed by atoms with Crippen LogP contribution in [0.25, 0.3) is 16.9 Å². The third kappa shape index (κ3) is 2.85. The highest BCUT2D eigenvalue weighted by Crippen LogP contribution is 2.24. The summed E-state index contributed by atoms with van der Waals surface area (Å²) in [6, 6.07) is 11.7. The van der Waals surface area contributed by atoms with Crippen LogP contribution in [-0.4, -0.2) is 32.2 Å². The van der Waals surface area contributed by atoms with Crippen molar-refractivity contribution < 1.29 is 4.74 Å². The van der Waals surface area contributed by atoms with E-state index in [1.54, 1.807) is 23.4 Å². The first-order valence-electron chi connectivity index (χ1n) is 6.71. The summed E-state index contributed by atoms with van der Waals surface area (Å²) >= 11 is 1.65. The van der Waals surface area contributed by atoms with E-state index in [9.17, 15) is 0 Å². The van der Waals surface area contributed by atoms with Crippen LogP contribution in [0.4, 0.5) is 0 Å². The molecule has 0 N–H and O–H groups in total. The summed E-state index contributed by atoms with van der Waals surface area (Å²) < 4.78 is 6.97. The lowest BCUT2D eigenvalue weighted by molar-refractivity contribution is 0.415. The smallest absolute Gasteiger partial charge is 0.212 e. The lowest BCUT2D eigenvalue weighted by Gasteiger charge is -2.05. The molecule has 21 heavy (non-hydrogen) atoms. The van der Waals surface area contributed by atoms with Crippen molar-refractivity contribution in [1.29, 1.82) is 0 Å². The highest BCUT2D eigenvalue weighted by Gasteiger charge is 2.10. The van der Waals surface area contributed by atoms with Crippen molar-refractivity contribution in [3.63, 3.8) is 0 Å². The molecule has 0 fully saturated rings. The first-order chi connectivity index (χ1) is 10.2. The van der Waals surface area contributed by atoms with Crippen LogP contribution in [0.1, 0.15) is 13.8 Å². The number of hydrogen-bond acceptors (Lipinski definition) is 5. The Labute approximate surface area is 127 Å². The quantitative estimate of drug-likeness (QED) is 0.692. The molecular weight excluding hydrogens is 284 g/mol. The minimum absolute atomic E-state index is 0.434. The molecule has 3 aromatic rings. The van der Waals surface area contributed by atoms with Gasteiger partial charge in [-0.05, 0) is 36.4 Å². The van der Waals surface area contributed by atoms with E-state index in [2.05, 4.69) is 29.1 Å². The van der Waals surface area contributed by atoms with Crippen molar-refractivity contribution in [2.75, 3.05) is 7.11 Å². The highest BCUT2D eigenvalue weighted by atomic mass is 32.2. The van der Waals surface area contributed by atoms with Crippen LogP contribution in [0.15, 0.2) is 41.6 Å². The number of rotatable bonds is 4. The first kappa shape index (κ1) is 13.9. The molecule has 0 aliphatic carbocycles. The molecule has 0 amide bonds. The Kier molecular flexibility index (Phi) is 3.79. The van der Waals surface area contributed by atoms with Crippen LogP contribution in [0, 0.1) is 0 Å². The molecule has 1 aromatic carbocycles. The standard InChI is InChI=1S/C15H16N4OS/c1-10(2)21-15-17-16-14-9-8-13(18-19(14)15)11-4-6-12(20-3)7-5-11/h4-10H,1-3H3. The van der Waals surface area contributed by atoms with E-state index in [4.69, 9.17) is 4.74 Å². The maximum atomic E-state index is 5.18. The average Bonchev–Trinajstić information content (AvgIpc) is 2.89. The van der Waals surface area contributed by atoms with Gasteiger partial charge in [-0.25, -0.2) is 0 Å². The van der Waals surface area contributed by atoms with Crippen LogP contribution >= 0.6 is 11.8 Å². The lowest BCUT2D eigenvalue weighted by Crippen LogP contribution is -1.98. The molecule has 0 atom stereocenters. The second kappa shape index (κ2) is 5.73. The molecule has 2 aromatic heterocycles. The van der Waals surface area contributed by atoms with Gasteiger partial charge in [0.15, 0.2) is 5.65 Å². The summed E-state index contributed by atoms with van der Waals surface area (Å²) in [6.07, 6.45) is 0. The monoisotopic (exact) mass is 300 g/mol. The zero-order valence-electron chi connectivity index (χ0n) is 12.1. The topological polar surface area (TPSA) is 52.3 Å². The Morgan fingerprint density at radius 2 is 1.81 bits per heavy atom. The number of ether oxygens (including phenoxy) is 1. The average molecular weight is 300 g/mol. The largest absolute Gasteiger partial charge is 0.497 e. The van der Waals surface area contributed by atoms with Gasteiger partial charge in [0, 0.05) is 10.8 Å². The molecule has 0 aliphatic heterocycles. The maximum absolute atomic E-state index is 5.18. The highest BCUT2D eigenvalue weighted by molar-refractivity contribution is 7.99. The van der Waals surface area contributed by atoms with E-state index in [0.717, 1.165) is 27.8 Å². The van der Waals surface area contributed by atoms with E-state index in [1.807, 2.05) is 36.4 Å². The summed E-state index contributed by atoms with van der Waals surface area (Å²) in [6.45, 7) is 4.25. The number of nitrogens with zero attached hydrogens (tertiary/aromatic N) is 4. The minimum Gasteiger partial charge on any atom is -0.497 e. The first-order valence-corrected chi connectivity index (χ1v) is 7.59. The molecule has 0 unspecified atom stereocenters. The summed E-state index contributed by atoms with van der Waals surface area (Å²) in [7, 11) is 1.66. The normalized spacial score (nSPS) is 11.2. The van der Waals surface area contributed by atoms with Crippen molar-refractivity contribution >= 4 is 17.4 Å². The Balaban J connectivity index is 2.02. The van der Waals surface area contributed by atoms with E-state index >= 15 is 0 Å². The number of thioether (sulfide) groups is 1. The number of hydrogen-bond donors (Lipinski definition) is 0. The Bertz CT molecular complexity index is 752. The molecule has 0 aliphatic rings. The lowest BCUT2D eigenvalue weighted by atomic mass is 10.1. The molecule has 0 radical (unpaired) electrons. The second-order valence-electron chi connectivity index (χ2n) is 4.87. The van der Waals surface area contributed by atoms with Gasteiger partial charge in [0.1, 0.15) is 5.75 Å². The Morgan fingerprint density at radius 3 is 2.48 bits per heavy atom. The number of methoxy groups -OCH3 is 1. The van der Waals surface area contributed by atoms with Crippen molar-refractivity contribution in [3.8, 4) is 17.0 Å². The van der Waals surface area contributed by atoms with E-state index < -0.39 is 0 Å². The molecule has 6 heteroatoms. The second-order valence-corrected chi connectivity index (χ2v) is 6.41. The van der Waals surface area contributed by atoms with E-state index in [1.165, 1.54) is 0 Å². The molecule has 0 bridgehead atoms. The van der Waals surface area contributed by atoms with Crippen LogP contribution in [0.2, 0.25) is 0 Å². The molecular formula is C15H16N4OS. The fourth-order valence-corrected chi connectivity index (χ4v) is 2.71. The molecule has 2 heterocycles. The Hall–Kier alpha value is -2.08. The molecule has 0 spiro atoms. The van der Waals surface area contributed by atoms with Crippen LogP contribution in [0.5, 0.6) is 5.75 Å². The van der Waals surface area contributed by atoms with Crippen molar-refractivity contribution in [3.05, 3.63) is 36.4 Å². The zero-order valence-corrected chi connectivity index (χ0v) is 13.0. The maximum Gasteiger partial charge on any atom is 0.212 e. The molecule has 5 nitrogen and oxygen atoms in total. The Morgan fingerprint density at radius 1 is 1.05 bits per heavy atom. The van der Waals surface area contributed by atoms with Gasteiger partial charge >= 0.3 is 0 Å². The predicted molar refractivity (Wildman–Crippen MR) is 83.8 cm³/mol. The summed E-state index contributed by atoms with van der Waals surface area (Å²) in [5.74, 6) is 0.833. The van der Waals surface area contributed by atoms with Gasteiger partial charge in [0.05, 0.1) is 12.8 Å². The van der Waals surface area contributed by atoms with Gasteiger partial charge in [-0.1, -0.05) is 25.6 Å². The van der Waals surface area contributed by atoms with Gasteiger partial charge in [-0.3, -0.25) is 0 Å². The zero-order chi connectivity index (χ0) is 14.8. The van der Waals surface area contributed by atoms with Crippen LogP contribution < -0.4 is 4.74 Å². The molecule has 108 valence electrons. The van der Waals surface area contributed by atoms with Crippen molar-refractivity contribution in [2.45, 2.75) is 24.3 Å². The predicted octanol–water partition coefficient (Wildman–Crippen LogP) is 3.30. The van der Waals surface area contributed by atoms with Crippen LogP contribution in [0.3, 0.4) is 0 Å². The van der Waals surface area contributed by atoms with E-state index in [0.29, 0.717) is 5.25 Å².